The van der Waals surface area contributed by atoms with Gasteiger partial charge in [-0.05, 0) is 37.6 Å². The van der Waals surface area contributed by atoms with Gasteiger partial charge in [-0.3, -0.25) is 0 Å². The summed E-state index contributed by atoms with van der Waals surface area (Å²) in [5.41, 5.74) is 1.03. The zero-order valence-corrected chi connectivity index (χ0v) is 16.3. The maximum Gasteiger partial charge on any atom is 0.252 e. The van der Waals surface area contributed by atoms with Crippen LogP contribution in [0.1, 0.15) is 18.7 Å². The largest absolute Gasteiger partial charge is 0.492 e. The van der Waals surface area contributed by atoms with Crippen molar-refractivity contribution >= 4 is 27.0 Å². The third-order valence-electron chi connectivity index (χ3n) is 4.32. The van der Waals surface area contributed by atoms with Crippen LogP contribution < -0.4 is 9.64 Å². The fourth-order valence-corrected chi connectivity index (χ4v) is 5.85. The van der Waals surface area contributed by atoms with Crippen LogP contribution in [0, 0.1) is 0 Å². The highest BCUT2D eigenvalue weighted by Gasteiger charge is 2.30. The first kappa shape index (κ1) is 18.2. The Kier molecular flexibility index (Phi) is 5.66. The van der Waals surface area contributed by atoms with Gasteiger partial charge in [0.2, 0.25) is 0 Å². The van der Waals surface area contributed by atoms with E-state index in [1.807, 2.05) is 44.2 Å². The lowest BCUT2D eigenvalue weighted by Gasteiger charge is -2.35. The maximum absolute atomic E-state index is 12.8. The van der Waals surface area contributed by atoms with Crippen LogP contribution in [0.2, 0.25) is 0 Å². The number of thiophene rings is 1. The Hall–Kier alpha value is -1.57. The van der Waals surface area contributed by atoms with E-state index in [-0.39, 0.29) is 0 Å². The molecule has 1 aliphatic rings. The molecule has 0 spiro atoms. The van der Waals surface area contributed by atoms with Crippen molar-refractivity contribution in [1.82, 2.24) is 4.31 Å². The molecular formula is C18H24N2O3S2. The van der Waals surface area contributed by atoms with Crippen LogP contribution in [0.25, 0.3) is 0 Å². The van der Waals surface area contributed by atoms with Crippen molar-refractivity contribution < 1.29 is 13.2 Å². The molecule has 0 aliphatic carbocycles. The fraction of sp³-hybridized carbons (Fsp3) is 0.444. The van der Waals surface area contributed by atoms with Crippen molar-refractivity contribution in [2.75, 3.05) is 37.7 Å². The Labute approximate surface area is 153 Å². The third kappa shape index (κ3) is 3.83. The SMILES string of the molecule is CCOc1ccccc1N1CCN(S(=O)(=O)c2ccc(CC)s2)CC1. The standard InChI is InChI=1S/C18H24N2O3S2/c1-3-15-9-10-18(24-15)25(21,22)20-13-11-19(12-14-20)16-7-5-6-8-17(16)23-4-2/h5-10H,3-4,11-14H2,1-2H3. The summed E-state index contributed by atoms with van der Waals surface area (Å²) in [6.45, 7) is 6.92. The molecule has 1 saturated heterocycles. The van der Waals surface area contributed by atoms with Crippen LogP contribution in [0.3, 0.4) is 0 Å². The van der Waals surface area contributed by atoms with E-state index >= 15 is 0 Å². The van der Waals surface area contributed by atoms with Crippen molar-refractivity contribution in [3.63, 3.8) is 0 Å². The minimum atomic E-state index is -3.38. The molecule has 7 heteroatoms. The quantitative estimate of drug-likeness (QED) is 0.772. The third-order valence-corrected chi connectivity index (χ3v) is 7.92. The van der Waals surface area contributed by atoms with E-state index in [4.69, 9.17) is 4.74 Å². The van der Waals surface area contributed by atoms with Gasteiger partial charge in [0.05, 0.1) is 12.3 Å². The van der Waals surface area contributed by atoms with E-state index in [9.17, 15) is 8.42 Å². The molecule has 2 aromatic rings. The van der Waals surface area contributed by atoms with Crippen molar-refractivity contribution in [2.24, 2.45) is 0 Å². The Morgan fingerprint density at radius 1 is 1.04 bits per heavy atom. The van der Waals surface area contributed by atoms with Crippen LogP contribution in [0.5, 0.6) is 5.75 Å². The number of hydrogen-bond donors (Lipinski definition) is 0. The second kappa shape index (κ2) is 7.76. The summed E-state index contributed by atoms with van der Waals surface area (Å²) in [6, 6.07) is 11.6. The minimum absolute atomic E-state index is 0.451. The number of aryl methyl sites for hydroxylation is 1. The molecular weight excluding hydrogens is 356 g/mol. The number of ether oxygens (including phenoxy) is 1. The van der Waals surface area contributed by atoms with Gasteiger partial charge in [0.15, 0.2) is 0 Å². The fourth-order valence-electron chi connectivity index (χ4n) is 2.98. The number of nitrogens with zero attached hydrogens (tertiary/aromatic N) is 2. The predicted octanol–water partition coefficient (Wildman–Crippen LogP) is 3.22. The highest BCUT2D eigenvalue weighted by Crippen LogP contribution is 2.31. The molecule has 0 unspecified atom stereocenters. The van der Waals surface area contributed by atoms with Crippen molar-refractivity contribution in [2.45, 2.75) is 24.5 Å². The average molecular weight is 381 g/mol. The molecule has 0 amide bonds. The maximum atomic E-state index is 12.8. The molecule has 0 bridgehead atoms. The monoisotopic (exact) mass is 380 g/mol. The van der Waals surface area contributed by atoms with Gasteiger partial charge in [-0.1, -0.05) is 19.1 Å². The van der Waals surface area contributed by atoms with E-state index in [0.29, 0.717) is 37.0 Å². The first-order valence-corrected chi connectivity index (χ1v) is 10.9. The van der Waals surface area contributed by atoms with E-state index < -0.39 is 10.0 Å². The minimum Gasteiger partial charge on any atom is -0.492 e. The van der Waals surface area contributed by atoms with Crippen LogP contribution in [-0.4, -0.2) is 45.5 Å². The Bertz CT molecular complexity index is 809. The number of sulfonamides is 1. The predicted molar refractivity (Wildman–Crippen MR) is 102 cm³/mol. The molecule has 0 N–H and O–H groups in total. The topological polar surface area (TPSA) is 49.9 Å². The lowest BCUT2D eigenvalue weighted by molar-refractivity contribution is 0.337. The molecule has 1 aliphatic heterocycles. The van der Waals surface area contributed by atoms with Gasteiger partial charge in [0, 0.05) is 31.1 Å². The average Bonchev–Trinajstić information content (AvgIpc) is 3.13. The van der Waals surface area contributed by atoms with E-state index in [0.717, 1.165) is 22.7 Å². The van der Waals surface area contributed by atoms with Crippen LogP contribution >= 0.6 is 11.3 Å². The highest BCUT2D eigenvalue weighted by atomic mass is 32.2. The lowest BCUT2D eigenvalue weighted by Crippen LogP contribution is -2.48. The second-order valence-corrected chi connectivity index (χ2v) is 9.20. The number of rotatable bonds is 6. The summed E-state index contributed by atoms with van der Waals surface area (Å²) in [6.07, 6.45) is 0.863. The molecule has 3 rings (SSSR count). The molecule has 1 aromatic heterocycles. The van der Waals surface area contributed by atoms with Gasteiger partial charge in [0.25, 0.3) is 10.0 Å². The number of hydrogen-bond acceptors (Lipinski definition) is 5. The first-order valence-electron chi connectivity index (χ1n) is 8.62. The molecule has 136 valence electrons. The Morgan fingerprint density at radius 2 is 1.76 bits per heavy atom. The number of piperazine rings is 1. The van der Waals surface area contributed by atoms with E-state index in [1.54, 1.807) is 10.4 Å². The van der Waals surface area contributed by atoms with Crippen LogP contribution in [0.15, 0.2) is 40.6 Å². The van der Waals surface area contributed by atoms with Gasteiger partial charge in [-0.15, -0.1) is 11.3 Å². The summed E-state index contributed by atoms with van der Waals surface area (Å²) in [5, 5.41) is 0. The van der Waals surface area contributed by atoms with Crippen molar-refractivity contribution in [3.05, 3.63) is 41.3 Å². The van der Waals surface area contributed by atoms with E-state index in [1.165, 1.54) is 11.3 Å². The van der Waals surface area contributed by atoms with Crippen LogP contribution in [-0.2, 0) is 16.4 Å². The second-order valence-electron chi connectivity index (χ2n) is 5.87. The molecule has 5 nitrogen and oxygen atoms in total. The molecule has 1 fully saturated rings. The highest BCUT2D eigenvalue weighted by molar-refractivity contribution is 7.91. The van der Waals surface area contributed by atoms with Gasteiger partial charge < -0.3 is 9.64 Å². The van der Waals surface area contributed by atoms with Gasteiger partial charge in [0.1, 0.15) is 9.96 Å². The molecule has 0 atom stereocenters. The molecule has 1 aromatic carbocycles. The normalized spacial score (nSPS) is 16.2. The zero-order chi connectivity index (χ0) is 17.9. The number of anilines is 1. The summed E-state index contributed by atoms with van der Waals surface area (Å²) < 4.78 is 33.4. The first-order chi connectivity index (χ1) is 12.1. The smallest absolute Gasteiger partial charge is 0.252 e. The van der Waals surface area contributed by atoms with Gasteiger partial charge >= 0.3 is 0 Å². The van der Waals surface area contributed by atoms with Crippen molar-refractivity contribution in [3.8, 4) is 5.75 Å². The van der Waals surface area contributed by atoms with Gasteiger partial charge in [-0.2, -0.15) is 4.31 Å². The molecule has 25 heavy (non-hydrogen) atoms. The summed E-state index contributed by atoms with van der Waals surface area (Å²) >= 11 is 1.38. The number of benzene rings is 1. The Morgan fingerprint density at radius 3 is 2.40 bits per heavy atom. The summed E-state index contributed by atoms with van der Waals surface area (Å²) in [4.78, 5) is 3.30. The zero-order valence-electron chi connectivity index (χ0n) is 14.6. The summed E-state index contributed by atoms with van der Waals surface area (Å²) in [7, 11) is -3.38. The van der Waals surface area contributed by atoms with Crippen molar-refractivity contribution in [1.29, 1.82) is 0 Å². The van der Waals surface area contributed by atoms with Crippen LogP contribution in [0.4, 0.5) is 5.69 Å². The lowest BCUT2D eigenvalue weighted by atomic mass is 10.2. The molecule has 0 saturated carbocycles. The number of para-hydroxylation sites is 2. The molecule has 2 heterocycles. The van der Waals surface area contributed by atoms with Gasteiger partial charge in [-0.25, -0.2) is 8.42 Å². The Balaban J connectivity index is 1.71. The molecule has 0 radical (unpaired) electrons. The van der Waals surface area contributed by atoms with E-state index in [2.05, 4.69) is 4.90 Å². The summed E-state index contributed by atoms with van der Waals surface area (Å²) in [5.74, 6) is 0.854.